The minimum absolute atomic E-state index is 0.0441. The molecule has 0 radical (unpaired) electrons. The molecule has 0 atom stereocenters. The number of benzene rings is 3. The van der Waals surface area contributed by atoms with Crippen molar-refractivity contribution < 1.29 is 19.1 Å². The Bertz CT molecular complexity index is 1160. The monoisotopic (exact) mass is 413 g/mol. The minimum Gasteiger partial charge on any atom is -0.497 e. The van der Waals surface area contributed by atoms with Crippen molar-refractivity contribution in [3.05, 3.63) is 95.7 Å². The molecule has 5 heteroatoms. The topological polar surface area (TPSA) is 57.5 Å². The first-order valence-corrected chi connectivity index (χ1v) is 10.0. The van der Waals surface area contributed by atoms with Gasteiger partial charge in [-0.1, -0.05) is 42.5 Å². The lowest BCUT2D eigenvalue weighted by Gasteiger charge is -2.06. The third-order valence-electron chi connectivity index (χ3n) is 5.27. The zero-order valence-electron chi connectivity index (χ0n) is 17.5. The molecule has 0 aliphatic heterocycles. The lowest BCUT2D eigenvalue weighted by Crippen LogP contribution is -2.12. The first-order valence-electron chi connectivity index (χ1n) is 10.0. The van der Waals surface area contributed by atoms with Crippen LogP contribution in [-0.2, 0) is 12.8 Å². The van der Waals surface area contributed by atoms with Crippen LogP contribution in [0.2, 0.25) is 0 Å². The Labute approximate surface area is 180 Å². The Hall–Kier alpha value is -3.86. The Morgan fingerprint density at radius 1 is 0.774 bits per heavy atom. The van der Waals surface area contributed by atoms with Gasteiger partial charge in [-0.3, -0.25) is 14.2 Å². The summed E-state index contributed by atoms with van der Waals surface area (Å²) in [5.74, 6) is 1.26. The number of hydrogen-bond donors (Lipinski definition) is 0. The second-order valence-electron chi connectivity index (χ2n) is 7.30. The van der Waals surface area contributed by atoms with Crippen molar-refractivity contribution >= 4 is 22.6 Å². The Morgan fingerprint density at radius 2 is 1.39 bits per heavy atom. The molecular formula is C26H23NO4. The number of carbonyl (C=O) groups excluding carboxylic acids is 2. The predicted octanol–water partition coefficient (Wildman–Crippen LogP) is 4.97. The van der Waals surface area contributed by atoms with Gasteiger partial charge >= 0.3 is 0 Å². The molecule has 0 saturated carbocycles. The van der Waals surface area contributed by atoms with Crippen molar-refractivity contribution in [2.45, 2.75) is 12.8 Å². The first-order chi connectivity index (χ1) is 15.1. The van der Waals surface area contributed by atoms with Crippen molar-refractivity contribution in [2.75, 3.05) is 14.2 Å². The fourth-order valence-corrected chi connectivity index (χ4v) is 3.71. The van der Waals surface area contributed by atoms with Crippen LogP contribution in [0, 0.1) is 0 Å². The summed E-state index contributed by atoms with van der Waals surface area (Å²) in [6.07, 6.45) is 2.10. The third-order valence-corrected chi connectivity index (χ3v) is 5.27. The zero-order chi connectivity index (χ0) is 21.8. The lowest BCUT2D eigenvalue weighted by molar-refractivity contribution is 0.0919. The normalized spacial score (nSPS) is 10.8. The molecule has 0 unspecified atom stereocenters. The molecule has 1 aromatic heterocycles. The van der Waals surface area contributed by atoms with Gasteiger partial charge in [-0.15, -0.1) is 0 Å². The van der Waals surface area contributed by atoms with Crippen LogP contribution in [0.15, 0.2) is 79.0 Å². The van der Waals surface area contributed by atoms with Crippen molar-refractivity contribution in [1.29, 1.82) is 0 Å². The first kappa shape index (κ1) is 20.4. The largest absolute Gasteiger partial charge is 0.497 e. The maximum Gasteiger partial charge on any atom is 0.235 e. The van der Waals surface area contributed by atoms with E-state index in [1.54, 1.807) is 25.0 Å². The fourth-order valence-electron chi connectivity index (χ4n) is 3.71. The predicted molar refractivity (Wildman–Crippen MR) is 120 cm³/mol. The number of fused-ring (bicyclic) bond motifs is 1. The van der Waals surface area contributed by atoms with E-state index in [0.717, 1.165) is 22.0 Å². The van der Waals surface area contributed by atoms with E-state index in [0.29, 0.717) is 17.1 Å². The molecule has 4 aromatic rings. The van der Waals surface area contributed by atoms with Gasteiger partial charge in [-0.05, 0) is 41.5 Å². The summed E-state index contributed by atoms with van der Waals surface area (Å²) in [4.78, 5) is 26.2. The van der Waals surface area contributed by atoms with Crippen LogP contribution in [-0.4, -0.2) is 30.5 Å². The number of ether oxygens (including phenoxy) is 2. The Balaban J connectivity index is 1.65. The van der Waals surface area contributed by atoms with Gasteiger partial charge in [0.15, 0.2) is 5.78 Å². The van der Waals surface area contributed by atoms with Gasteiger partial charge in [0.1, 0.15) is 11.5 Å². The average Bonchev–Trinajstić information content (AvgIpc) is 3.19. The van der Waals surface area contributed by atoms with E-state index in [2.05, 4.69) is 0 Å². The highest BCUT2D eigenvalue weighted by Crippen LogP contribution is 2.24. The summed E-state index contributed by atoms with van der Waals surface area (Å²) in [6.45, 7) is 0. The van der Waals surface area contributed by atoms with E-state index in [1.807, 2.05) is 72.8 Å². The number of Topliss-reactive ketones (excluding diaryl/α,β-unsaturated/α-hetero) is 1. The molecule has 31 heavy (non-hydrogen) atoms. The maximum atomic E-state index is 13.1. The molecule has 1 heterocycles. The van der Waals surface area contributed by atoms with E-state index >= 15 is 0 Å². The van der Waals surface area contributed by atoms with Crippen molar-refractivity contribution in [2.24, 2.45) is 0 Å². The SMILES string of the molecule is COc1cccc(CC(=O)c2cn(C(=O)Cc3cccc(OC)c3)c3ccccc23)c1. The van der Waals surface area contributed by atoms with Crippen LogP contribution in [0.5, 0.6) is 11.5 Å². The Morgan fingerprint density at radius 3 is 2.03 bits per heavy atom. The van der Waals surface area contributed by atoms with E-state index < -0.39 is 0 Å². The van der Waals surface area contributed by atoms with Gasteiger partial charge in [0.05, 0.1) is 26.2 Å². The molecule has 0 aliphatic carbocycles. The maximum absolute atomic E-state index is 13.1. The number of hydrogen-bond acceptors (Lipinski definition) is 4. The molecule has 0 aliphatic rings. The summed E-state index contributed by atoms with van der Waals surface area (Å²) in [5, 5.41) is 0.773. The van der Waals surface area contributed by atoms with E-state index in [-0.39, 0.29) is 24.5 Å². The fraction of sp³-hybridized carbons (Fsp3) is 0.154. The number of para-hydroxylation sites is 1. The van der Waals surface area contributed by atoms with Crippen molar-refractivity contribution in [3.63, 3.8) is 0 Å². The number of carbonyl (C=O) groups is 2. The van der Waals surface area contributed by atoms with Gasteiger partial charge in [-0.25, -0.2) is 0 Å². The van der Waals surface area contributed by atoms with Crippen molar-refractivity contribution in [3.8, 4) is 11.5 Å². The minimum atomic E-state index is -0.107. The molecule has 0 spiro atoms. The molecule has 5 nitrogen and oxygen atoms in total. The van der Waals surface area contributed by atoms with E-state index in [4.69, 9.17) is 9.47 Å². The van der Waals surface area contributed by atoms with Gasteiger partial charge in [-0.2, -0.15) is 0 Å². The second-order valence-corrected chi connectivity index (χ2v) is 7.30. The molecular weight excluding hydrogens is 390 g/mol. The van der Waals surface area contributed by atoms with E-state index in [9.17, 15) is 9.59 Å². The lowest BCUT2D eigenvalue weighted by atomic mass is 10.0. The summed E-state index contributed by atoms with van der Waals surface area (Å²) >= 11 is 0. The zero-order valence-corrected chi connectivity index (χ0v) is 17.5. The van der Waals surface area contributed by atoms with Crippen molar-refractivity contribution in [1.82, 2.24) is 4.57 Å². The molecule has 4 rings (SSSR count). The summed E-state index contributed by atoms with van der Waals surface area (Å²) in [6, 6.07) is 22.4. The number of nitrogens with zero attached hydrogens (tertiary/aromatic N) is 1. The van der Waals surface area contributed by atoms with Crippen LogP contribution >= 0.6 is 0 Å². The highest BCUT2D eigenvalue weighted by atomic mass is 16.5. The molecule has 156 valence electrons. The quantitative estimate of drug-likeness (QED) is 0.402. The standard InChI is InChI=1S/C26H23NO4/c1-30-20-9-5-7-18(13-20)15-25(28)23-17-27(24-12-4-3-11-22(23)24)26(29)16-19-8-6-10-21(14-19)31-2/h3-14,17H,15-16H2,1-2H3. The molecule has 0 saturated heterocycles. The molecule has 0 bridgehead atoms. The summed E-state index contributed by atoms with van der Waals surface area (Å²) in [7, 11) is 3.20. The van der Waals surface area contributed by atoms with Crippen LogP contribution < -0.4 is 9.47 Å². The highest BCUT2D eigenvalue weighted by molar-refractivity contribution is 6.11. The molecule has 0 fully saturated rings. The van der Waals surface area contributed by atoms with Crippen LogP contribution in [0.3, 0.4) is 0 Å². The van der Waals surface area contributed by atoms with Crippen LogP contribution in [0.1, 0.15) is 26.3 Å². The molecule has 3 aromatic carbocycles. The van der Waals surface area contributed by atoms with Crippen LogP contribution in [0.25, 0.3) is 10.9 Å². The number of methoxy groups -OCH3 is 2. The van der Waals surface area contributed by atoms with E-state index in [1.165, 1.54) is 0 Å². The van der Waals surface area contributed by atoms with Gasteiger partial charge in [0.2, 0.25) is 5.91 Å². The molecule has 0 amide bonds. The number of ketones is 1. The smallest absolute Gasteiger partial charge is 0.235 e. The average molecular weight is 413 g/mol. The number of aromatic nitrogens is 1. The summed E-state index contributed by atoms with van der Waals surface area (Å²) < 4.78 is 12.1. The Kier molecular flexibility index (Phi) is 5.85. The van der Waals surface area contributed by atoms with Gasteiger partial charge in [0.25, 0.3) is 0 Å². The van der Waals surface area contributed by atoms with Crippen LogP contribution in [0.4, 0.5) is 0 Å². The third kappa shape index (κ3) is 4.36. The second kappa shape index (κ2) is 8.88. The highest BCUT2D eigenvalue weighted by Gasteiger charge is 2.19. The van der Waals surface area contributed by atoms with Gasteiger partial charge < -0.3 is 9.47 Å². The number of rotatable bonds is 7. The molecule has 0 N–H and O–H groups in total. The summed E-state index contributed by atoms with van der Waals surface area (Å²) in [5.41, 5.74) is 2.98. The van der Waals surface area contributed by atoms with Gasteiger partial charge in [0, 0.05) is 23.6 Å².